The molecule has 0 aliphatic carbocycles. The molecule has 2 aromatic carbocycles. The van der Waals surface area contributed by atoms with Gasteiger partial charge in [0.25, 0.3) is 0 Å². The van der Waals surface area contributed by atoms with Gasteiger partial charge in [-0.05, 0) is 35.2 Å². The van der Waals surface area contributed by atoms with Crippen molar-refractivity contribution in [3.8, 4) is 11.5 Å². The molecule has 23 heavy (non-hydrogen) atoms. The minimum absolute atomic E-state index is 0.110. The lowest BCUT2D eigenvalue weighted by molar-refractivity contribution is -0.129. The number of hydrogen-bond donors (Lipinski definition) is 0. The van der Waals surface area contributed by atoms with Crippen molar-refractivity contribution in [3.63, 3.8) is 0 Å². The van der Waals surface area contributed by atoms with Crippen molar-refractivity contribution in [2.24, 2.45) is 0 Å². The summed E-state index contributed by atoms with van der Waals surface area (Å²) >= 11 is 0. The van der Waals surface area contributed by atoms with Crippen LogP contribution in [0.1, 0.15) is 23.6 Å². The molecule has 0 saturated heterocycles. The van der Waals surface area contributed by atoms with Crippen molar-refractivity contribution in [2.45, 2.75) is 26.5 Å². The minimum Gasteiger partial charge on any atom is -0.493 e. The number of carbonyl (C=O) groups excluding carboxylic acids is 1. The summed E-state index contributed by atoms with van der Waals surface area (Å²) in [6, 6.07) is 14.1. The van der Waals surface area contributed by atoms with Crippen LogP contribution in [-0.2, 0) is 24.4 Å². The second kappa shape index (κ2) is 6.73. The highest BCUT2D eigenvalue weighted by Crippen LogP contribution is 2.34. The first kappa shape index (κ1) is 15.4. The molecule has 1 amide bonds. The Morgan fingerprint density at radius 2 is 1.87 bits per heavy atom. The van der Waals surface area contributed by atoms with Crippen LogP contribution < -0.4 is 9.47 Å². The van der Waals surface area contributed by atoms with Crippen LogP contribution in [0.25, 0.3) is 0 Å². The fraction of sp³-hybridized carbons (Fsp3) is 0.316. The zero-order valence-electron chi connectivity index (χ0n) is 13.5. The lowest BCUT2D eigenvalue weighted by Gasteiger charge is -2.28. The summed E-state index contributed by atoms with van der Waals surface area (Å²) in [5.74, 6) is 1.58. The average Bonchev–Trinajstić information content (AvgIpc) is 2.59. The number of ether oxygens (including phenoxy) is 2. The molecule has 0 fully saturated rings. The third-order valence-corrected chi connectivity index (χ3v) is 4.18. The van der Waals surface area contributed by atoms with Crippen molar-refractivity contribution in [1.29, 1.82) is 0 Å². The number of benzene rings is 2. The number of rotatable bonds is 4. The van der Waals surface area contributed by atoms with Crippen LogP contribution in [0, 0.1) is 0 Å². The Bertz CT molecular complexity index is 697. The number of hydrogen-bond acceptors (Lipinski definition) is 3. The van der Waals surface area contributed by atoms with E-state index < -0.39 is 0 Å². The van der Waals surface area contributed by atoms with Gasteiger partial charge in [0.1, 0.15) is 6.61 Å². The second-order valence-corrected chi connectivity index (χ2v) is 5.74. The van der Waals surface area contributed by atoms with Crippen molar-refractivity contribution in [3.05, 3.63) is 59.2 Å². The van der Waals surface area contributed by atoms with Crippen LogP contribution in [0.2, 0.25) is 0 Å². The van der Waals surface area contributed by atoms with E-state index in [9.17, 15) is 4.79 Å². The molecule has 0 spiro atoms. The van der Waals surface area contributed by atoms with Crippen molar-refractivity contribution in [1.82, 2.24) is 4.90 Å². The number of amides is 1. The standard InChI is InChI=1S/C19H21NO3/c1-14(21)20-9-8-16-10-19(18(22-2)11-17(16)12-20)23-13-15-6-4-3-5-7-15/h3-7,10-11H,8-9,12-13H2,1-2H3. The Kier molecular flexibility index (Phi) is 4.51. The molecule has 1 heterocycles. The summed E-state index contributed by atoms with van der Waals surface area (Å²) in [4.78, 5) is 13.4. The molecule has 0 unspecified atom stereocenters. The molecule has 4 heteroatoms. The van der Waals surface area contributed by atoms with Crippen molar-refractivity contribution < 1.29 is 14.3 Å². The number of nitrogens with zero attached hydrogens (tertiary/aromatic N) is 1. The molecule has 120 valence electrons. The SMILES string of the molecule is COc1cc2c(cc1OCc1ccccc1)CCN(C(C)=O)C2. The van der Waals surface area contributed by atoms with E-state index in [0.29, 0.717) is 18.9 Å². The van der Waals surface area contributed by atoms with Gasteiger partial charge in [-0.15, -0.1) is 0 Å². The Hall–Kier alpha value is -2.49. The topological polar surface area (TPSA) is 38.8 Å². The molecule has 1 aliphatic heterocycles. The van der Waals surface area contributed by atoms with E-state index in [1.165, 1.54) is 5.56 Å². The molecule has 2 aromatic rings. The van der Waals surface area contributed by atoms with Gasteiger partial charge in [-0.2, -0.15) is 0 Å². The number of fused-ring (bicyclic) bond motifs is 1. The van der Waals surface area contributed by atoms with Gasteiger partial charge >= 0.3 is 0 Å². The molecule has 0 N–H and O–H groups in total. The summed E-state index contributed by atoms with van der Waals surface area (Å²) in [6.45, 7) is 3.52. The highest BCUT2D eigenvalue weighted by Gasteiger charge is 2.20. The predicted octanol–water partition coefficient (Wildman–Crippen LogP) is 3.18. The summed E-state index contributed by atoms with van der Waals surface area (Å²) in [7, 11) is 1.64. The number of methoxy groups -OCH3 is 1. The van der Waals surface area contributed by atoms with E-state index in [0.717, 1.165) is 29.8 Å². The quantitative estimate of drug-likeness (QED) is 0.870. The van der Waals surface area contributed by atoms with Gasteiger partial charge in [-0.25, -0.2) is 0 Å². The maximum absolute atomic E-state index is 11.6. The van der Waals surface area contributed by atoms with Gasteiger partial charge in [-0.1, -0.05) is 30.3 Å². The lowest BCUT2D eigenvalue weighted by atomic mass is 9.99. The Balaban J connectivity index is 1.80. The fourth-order valence-electron chi connectivity index (χ4n) is 2.84. The highest BCUT2D eigenvalue weighted by molar-refractivity contribution is 5.73. The lowest BCUT2D eigenvalue weighted by Crippen LogP contribution is -2.34. The maximum Gasteiger partial charge on any atom is 0.219 e. The van der Waals surface area contributed by atoms with Crippen LogP contribution in [0.4, 0.5) is 0 Å². The van der Waals surface area contributed by atoms with E-state index in [1.807, 2.05) is 41.3 Å². The molecule has 0 aromatic heterocycles. The zero-order valence-corrected chi connectivity index (χ0v) is 13.5. The van der Waals surface area contributed by atoms with Crippen LogP contribution in [0.3, 0.4) is 0 Å². The Morgan fingerprint density at radius 1 is 1.13 bits per heavy atom. The molecule has 1 aliphatic rings. The third-order valence-electron chi connectivity index (χ3n) is 4.18. The molecule has 4 nitrogen and oxygen atoms in total. The normalized spacial score (nSPS) is 13.4. The first-order valence-electron chi connectivity index (χ1n) is 7.79. The number of carbonyl (C=O) groups is 1. The van der Waals surface area contributed by atoms with Gasteiger partial charge in [-0.3, -0.25) is 4.79 Å². The van der Waals surface area contributed by atoms with Crippen molar-refractivity contribution in [2.75, 3.05) is 13.7 Å². The molecule has 0 atom stereocenters. The van der Waals surface area contributed by atoms with E-state index in [2.05, 4.69) is 6.07 Å². The average molecular weight is 311 g/mol. The van der Waals surface area contributed by atoms with Gasteiger partial charge in [0.2, 0.25) is 5.91 Å². The Labute approximate surface area is 136 Å². The second-order valence-electron chi connectivity index (χ2n) is 5.74. The summed E-state index contributed by atoms with van der Waals surface area (Å²) in [5.41, 5.74) is 3.48. The largest absolute Gasteiger partial charge is 0.493 e. The molecule has 0 saturated carbocycles. The zero-order chi connectivity index (χ0) is 16.2. The van der Waals surface area contributed by atoms with Crippen LogP contribution in [0.15, 0.2) is 42.5 Å². The first-order valence-corrected chi connectivity index (χ1v) is 7.79. The van der Waals surface area contributed by atoms with Gasteiger partial charge in [0.15, 0.2) is 11.5 Å². The van der Waals surface area contributed by atoms with Gasteiger partial charge in [0, 0.05) is 20.0 Å². The molecule has 0 radical (unpaired) electrons. The van der Waals surface area contributed by atoms with Crippen LogP contribution >= 0.6 is 0 Å². The Morgan fingerprint density at radius 3 is 2.57 bits per heavy atom. The predicted molar refractivity (Wildman–Crippen MR) is 88.6 cm³/mol. The maximum atomic E-state index is 11.6. The third kappa shape index (κ3) is 3.47. The first-order chi connectivity index (χ1) is 11.2. The van der Waals surface area contributed by atoms with Crippen LogP contribution in [-0.4, -0.2) is 24.5 Å². The molecule has 0 bridgehead atoms. The van der Waals surface area contributed by atoms with Crippen molar-refractivity contribution >= 4 is 5.91 Å². The van der Waals surface area contributed by atoms with Gasteiger partial charge in [0.05, 0.1) is 7.11 Å². The molecule has 3 rings (SSSR count). The van der Waals surface area contributed by atoms with E-state index >= 15 is 0 Å². The van der Waals surface area contributed by atoms with E-state index in [-0.39, 0.29) is 5.91 Å². The highest BCUT2D eigenvalue weighted by atomic mass is 16.5. The summed E-state index contributed by atoms with van der Waals surface area (Å²) in [5, 5.41) is 0. The molecular formula is C19H21NO3. The smallest absolute Gasteiger partial charge is 0.219 e. The van der Waals surface area contributed by atoms with E-state index in [1.54, 1.807) is 14.0 Å². The summed E-state index contributed by atoms with van der Waals surface area (Å²) < 4.78 is 11.4. The summed E-state index contributed by atoms with van der Waals surface area (Å²) in [6.07, 6.45) is 0.848. The van der Waals surface area contributed by atoms with E-state index in [4.69, 9.17) is 9.47 Å². The van der Waals surface area contributed by atoms with Crippen LogP contribution in [0.5, 0.6) is 11.5 Å². The van der Waals surface area contributed by atoms with Gasteiger partial charge < -0.3 is 14.4 Å². The monoisotopic (exact) mass is 311 g/mol. The minimum atomic E-state index is 0.110. The fourth-order valence-corrected chi connectivity index (χ4v) is 2.84. The molecular weight excluding hydrogens is 290 g/mol.